The predicted octanol–water partition coefficient (Wildman–Crippen LogP) is 1.40. The van der Waals surface area contributed by atoms with Gasteiger partial charge in [-0.25, -0.2) is 13.4 Å². The van der Waals surface area contributed by atoms with Crippen LogP contribution >= 0.6 is 11.8 Å². The van der Waals surface area contributed by atoms with Crippen LogP contribution in [0.25, 0.3) is 0 Å². The molecule has 0 bridgehead atoms. The molecule has 0 radical (unpaired) electrons. The van der Waals surface area contributed by atoms with Crippen LogP contribution in [0.4, 0.5) is 5.69 Å². The largest absolute Gasteiger partial charge is 0.351 e. The molecule has 0 aliphatic heterocycles. The van der Waals surface area contributed by atoms with Gasteiger partial charge in [0.05, 0.1) is 5.75 Å². The zero-order valence-corrected chi connectivity index (χ0v) is 15.0. The maximum atomic E-state index is 12.1. The second kappa shape index (κ2) is 8.15. The zero-order chi connectivity index (χ0) is 17.6. The normalized spacial score (nSPS) is 11.2. The van der Waals surface area contributed by atoms with Crippen LogP contribution in [0.5, 0.6) is 0 Å². The number of thioether (sulfide) groups is 1. The number of benzene rings is 1. The summed E-state index contributed by atoms with van der Waals surface area (Å²) in [5.74, 6) is 1.08. The van der Waals surface area contributed by atoms with Gasteiger partial charge < -0.3 is 5.32 Å². The number of carbonyl (C=O) groups is 1. The number of sulfonamides is 1. The van der Waals surface area contributed by atoms with Crippen LogP contribution in [0, 0.1) is 6.92 Å². The van der Waals surface area contributed by atoms with Crippen molar-refractivity contribution in [3.8, 4) is 0 Å². The Balaban J connectivity index is 1.85. The first-order valence-electron chi connectivity index (χ1n) is 7.30. The molecule has 1 aromatic carbocycles. The molecule has 0 fully saturated rings. The van der Waals surface area contributed by atoms with Crippen molar-refractivity contribution in [3.63, 3.8) is 0 Å². The predicted molar refractivity (Wildman–Crippen MR) is 93.7 cm³/mol. The van der Waals surface area contributed by atoms with E-state index in [4.69, 9.17) is 0 Å². The van der Waals surface area contributed by atoms with E-state index in [2.05, 4.69) is 25.2 Å². The summed E-state index contributed by atoms with van der Waals surface area (Å²) >= 11 is 1.43. The molecule has 0 saturated heterocycles. The van der Waals surface area contributed by atoms with Crippen LogP contribution in [0.15, 0.2) is 29.4 Å². The number of nitrogens with zero attached hydrogens (tertiary/aromatic N) is 2. The maximum Gasteiger partial charge on any atom is 0.251 e. The summed E-state index contributed by atoms with van der Waals surface area (Å²) in [7, 11) is -3.37. The van der Waals surface area contributed by atoms with E-state index in [0.29, 0.717) is 28.7 Å². The van der Waals surface area contributed by atoms with Crippen LogP contribution in [-0.4, -0.2) is 47.6 Å². The molecule has 0 aliphatic rings. The summed E-state index contributed by atoms with van der Waals surface area (Å²) < 4.78 is 25.6. The van der Waals surface area contributed by atoms with E-state index in [1.165, 1.54) is 17.8 Å². The highest BCUT2D eigenvalue weighted by Crippen LogP contribution is 2.13. The molecular weight excluding hydrogens is 350 g/mol. The first kappa shape index (κ1) is 18.3. The monoisotopic (exact) mass is 369 g/mol. The number of aromatic nitrogens is 3. The minimum absolute atomic E-state index is 0.0264. The molecular formula is C14H19N5O3S2. The lowest BCUT2D eigenvalue weighted by Crippen LogP contribution is -2.26. The van der Waals surface area contributed by atoms with Crippen molar-refractivity contribution >= 4 is 33.4 Å². The van der Waals surface area contributed by atoms with E-state index in [0.717, 1.165) is 5.82 Å². The van der Waals surface area contributed by atoms with Crippen LogP contribution in [0.2, 0.25) is 0 Å². The van der Waals surface area contributed by atoms with Crippen molar-refractivity contribution in [2.24, 2.45) is 0 Å². The molecule has 1 aromatic heterocycles. The number of hydrogen-bond acceptors (Lipinski definition) is 6. The van der Waals surface area contributed by atoms with Crippen LogP contribution in [0.3, 0.4) is 0 Å². The summed E-state index contributed by atoms with van der Waals surface area (Å²) in [5.41, 5.74) is 0.764. The molecule has 0 spiro atoms. The number of aryl methyl sites for hydroxylation is 1. The Kier molecular flexibility index (Phi) is 6.21. The quantitative estimate of drug-likeness (QED) is 0.478. The minimum Gasteiger partial charge on any atom is -0.351 e. The number of H-pyrrole nitrogens is 1. The van der Waals surface area contributed by atoms with Crippen molar-refractivity contribution in [1.29, 1.82) is 0 Å². The molecule has 24 heavy (non-hydrogen) atoms. The molecule has 130 valence electrons. The van der Waals surface area contributed by atoms with Gasteiger partial charge in [0.25, 0.3) is 5.91 Å². The highest BCUT2D eigenvalue weighted by Gasteiger charge is 2.10. The third-order valence-electron chi connectivity index (χ3n) is 2.97. The van der Waals surface area contributed by atoms with E-state index >= 15 is 0 Å². The van der Waals surface area contributed by atoms with Gasteiger partial charge in [-0.05, 0) is 32.0 Å². The summed E-state index contributed by atoms with van der Waals surface area (Å²) in [6, 6.07) is 6.37. The molecule has 10 heteroatoms. The maximum absolute atomic E-state index is 12.1. The number of amides is 1. The fraction of sp³-hybridized carbons (Fsp3) is 0.357. The van der Waals surface area contributed by atoms with Crippen LogP contribution in [0.1, 0.15) is 23.1 Å². The molecule has 2 aromatic rings. The Morgan fingerprint density at radius 2 is 2.17 bits per heavy atom. The van der Waals surface area contributed by atoms with Gasteiger partial charge in [0.1, 0.15) is 5.82 Å². The van der Waals surface area contributed by atoms with Gasteiger partial charge in [0, 0.05) is 23.5 Å². The molecule has 2 rings (SSSR count). The SMILES string of the molecule is CCS(=O)(=O)Nc1cccc(C(=O)NCCSc2n[nH]c(C)n2)c1. The Hall–Kier alpha value is -2.07. The number of aromatic amines is 1. The Morgan fingerprint density at radius 3 is 2.83 bits per heavy atom. The standard InChI is InChI=1S/C14H19N5O3S2/c1-3-24(21,22)19-12-6-4-5-11(9-12)13(20)15-7-8-23-14-16-10(2)17-18-14/h4-6,9,19H,3,7-8H2,1-2H3,(H,15,20)(H,16,17,18). The second-order valence-electron chi connectivity index (χ2n) is 4.89. The highest BCUT2D eigenvalue weighted by molar-refractivity contribution is 7.99. The molecule has 1 amide bonds. The number of carbonyl (C=O) groups excluding carboxylic acids is 1. The van der Waals surface area contributed by atoms with Crippen LogP contribution < -0.4 is 10.0 Å². The lowest BCUT2D eigenvalue weighted by molar-refractivity contribution is 0.0956. The van der Waals surface area contributed by atoms with Crippen molar-refractivity contribution in [2.75, 3.05) is 22.8 Å². The number of anilines is 1. The average Bonchev–Trinajstić information content (AvgIpc) is 2.96. The average molecular weight is 369 g/mol. The summed E-state index contributed by atoms with van der Waals surface area (Å²) in [4.78, 5) is 16.3. The third kappa shape index (κ3) is 5.53. The second-order valence-corrected chi connectivity index (χ2v) is 7.97. The van der Waals surface area contributed by atoms with Gasteiger partial charge in [0.2, 0.25) is 15.2 Å². The van der Waals surface area contributed by atoms with E-state index in [1.807, 2.05) is 6.92 Å². The van der Waals surface area contributed by atoms with Gasteiger partial charge in [-0.1, -0.05) is 17.8 Å². The highest BCUT2D eigenvalue weighted by atomic mass is 32.2. The summed E-state index contributed by atoms with van der Waals surface area (Å²) in [5, 5.41) is 10.2. The van der Waals surface area contributed by atoms with E-state index in [-0.39, 0.29) is 11.7 Å². The smallest absolute Gasteiger partial charge is 0.251 e. The molecule has 0 atom stereocenters. The fourth-order valence-electron chi connectivity index (χ4n) is 1.77. The van der Waals surface area contributed by atoms with Gasteiger partial charge in [-0.15, -0.1) is 5.10 Å². The number of hydrogen-bond donors (Lipinski definition) is 3. The topological polar surface area (TPSA) is 117 Å². The molecule has 3 N–H and O–H groups in total. The van der Waals surface area contributed by atoms with Crippen molar-refractivity contribution in [3.05, 3.63) is 35.7 Å². The van der Waals surface area contributed by atoms with E-state index in [9.17, 15) is 13.2 Å². The Morgan fingerprint density at radius 1 is 1.38 bits per heavy atom. The zero-order valence-electron chi connectivity index (χ0n) is 13.4. The molecule has 1 heterocycles. The van der Waals surface area contributed by atoms with Gasteiger partial charge in [-0.3, -0.25) is 14.6 Å². The molecule has 0 aliphatic carbocycles. The van der Waals surface area contributed by atoms with E-state index < -0.39 is 10.0 Å². The van der Waals surface area contributed by atoms with Crippen LogP contribution in [-0.2, 0) is 10.0 Å². The number of rotatable bonds is 8. The van der Waals surface area contributed by atoms with Crippen molar-refractivity contribution in [2.45, 2.75) is 19.0 Å². The van der Waals surface area contributed by atoms with Crippen molar-refractivity contribution in [1.82, 2.24) is 20.5 Å². The minimum atomic E-state index is -3.37. The van der Waals surface area contributed by atoms with Gasteiger partial charge in [-0.2, -0.15) is 0 Å². The molecule has 8 nitrogen and oxygen atoms in total. The summed E-state index contributed by atoms with van der Waals surface area (Å²) in [6.45, 7) is 3.81. The number of nitrogens with one attached hydrogen (secondary N) is 3. The fourth-order valence-corrected chi connectivity index (χ4v) is 3.10. The Labute approximate surface area is 144 Å². The lowest BCUT2D eigenvalue weighted by atomic mass is 10.2. The first-order chi connectivity index (χ1) is 11.4. The third-order valence-corrected chi connectivity index (χ3v) is 5.13. The summed E-state index contributed by atoms with van der Waals surface area (Å²) in [6.07, 6.45) is 0. The molecule has 0 saturated carbocycles. The van der Waals surface area contributed by atoms with E-state index in [1.54, 1.807) is 25.1 Å². The van der Waals surface area contributed by atoms with Gasteiger partial charge >= 0.3 is 0 Å². The van der Waals surface area contributed by atoms with Crippen molar-refractivity contribution < 1.29 is 13.2 Å². The lowest BCUT2D eigenvalue weighted by Gasteiger charge is -2.08. The molecule has 0 unspecified atom stereocenters. The Bertz CT molecular complexity index is 804. The van der Waals surface area contributed by atoms with Gasteiger partial charge in [0.15, 0.2) is 0 Å². The first-order valence-corrected chi connectivity index (χ1v) is 9.94.